The molecule has 1 N–H and O–H groups in total. The Morgan fingerprint density at radius 2 is 1.20 bits per heavy atom. The third-order valence-corrected chi connectivity index (χ3v) is 5.62. The van der Waals surface area contributed by atoms with Crippen LogP contribution in [0.15, 0.2) is 72.8 Å². The van der Waals surface area contributed by atoms with Gasteiger partial charge in [-0.25, -0.2) is 0 Å². The van der Waals surface area contributed by atoms with Gasteiger partial charge in [-0.2, -0.15) is 13.2 Å². The molecular weight excluding hydrogens is 447 g/mol. The lowest BCUT2D eigenvalue weighted by atomic mass is 10.1. The fourth-order valence-corrected chi connectivity index (χ4v) is 3.54. The topological polar surface area (TPSA) is 21.3 Å². The van der Waals surface area contributed by atoms with Crippen molar-refractivity contribution in [1.29, 1.82) is 0 Å². The average Bonchev–Trinajstić information content (AvgIpc) is 2.86. The van der Waals surface area contributed by atoms with Gasteiger partial charge in [-0.1, -0.05) is 68.7 Å². The van der Waals surface area contributed by atoms with E-state index in [1.807, 2.05) is 48.5 Å². The molecular formula is C30H32F3NO. The minimum absolute atomic E-state index is 0.498. The van der Waals surface area contributed by atoms with Gasteiger partial charge in [0.25, 0.3) is 0 Å². The van der Waals surface area contributed by atoms with Crippen molar-refractivity contribution in [3.63, 3.8) is 0 Å². The summed E-state index contributed by atoms with van der Waals surface area (Å²) in [6.45, 7) is 4.08. The molecule has 0 spiro atoms. The summed E-state index contributed by atoms with van der Waals surface area (Å²) in [7, 11) is 0. The van der Waals surface area contributed by atoms with Gasteiger partial charge < -0.3 is 10.1 Å². The Morgan fingerprint density at radius 3 is 1.74 bits per heavy atom. The Kier molecular flexibility index (Phi) is 10.3. The molecule has 0 aliphatic rings. The average molecular weight is 480 g/mol. The number of halogens is 3. The first-order valence-electron chi connectivity index (χ1n) is 12.1. The molecule has 0 heterocycles. The molecule has 3 aromatic carbocycles. The normalized spacial score (nSPS) is 11.1. The van der Waals surface area contributed by atoms with Crippen LogP contribution in [0.2, 0.25) is 0 Å². The molecule has 3 rings (SSSR count). The lowest BCUT2D eigenvalue weighted by Crippen LogP contribution is -2.13. The molecule has 0 saturated carbocycles. The van der Waals surface area contributed by atoms with Gasteiger partial charge in [0.15, 0.2) is 0 Å². The number of hydrogen-bond donors (Lipinski definition) is 1. The van der Waals surface area contributed by atoms with Gasteiger partial charge in [0.05, 0.1) is 12.2 Å². The Hall–Kier alpha value is -3.23. The van der Waals surface area contributed by atoms with Gasteiger partial charge in [-0.05, 0) is 66.1 Å². The fourth-order valence-electron chi connectivity index (χ4n) is 3.54. The van der Waals surface area contributed by atoms with Crippen molar-refractivity contribution in [2.45, 2.75) is 58.3 Å². The number of alkyl halides is 3. The Morgan fingerprint density at radius 1 is 0.686 bits per heavy atom. The van der Waals surface area contributed by atoms with E-state index in [-0.39, 0.29) is 0 Å². The van der Waals surface area contributed by atoms with Crippen LogP contribution < -0.4 is 10.1 Å². The number of rotatable bonds is 11. The maximum Gasteiger partial charge on any atom is 0.416 e. The van der Waals surface area contributed by atoms with Gasteiger partial charge in [0, 0.05) is 24.2 Å². The van der Waals surface area contributed by atoms with Gasteiger partial charge in [-0.15, -0.1) is 0 Å². The zero-order chi connectivity index (χ0) is 24.9. The Bertz CT molecular complexity index is 1080. The largest absolute Gasteiger partial charge is 0.494 e. The predicted octanol–water partition coefficient (Wildman–Crippen LogP) is 7.74. The van der Waals surface area contributed by atoms with Crippen LogP contribution in [0.4, 0.5) is 13.2 Å². The maximum absolute atomic E-state index is 12.6. The van der Waals surface area contributed by atoms with E-state index in [0.29, 0.717) is 13.1 Å². The van der Waals surface area contributed by atoms with Crippen LogP contribution in [0.25, 0.3) is 0 Å². The molecule has 0 amide bonds. The second-order valence-electron chi connectivity index (χ2n) is 8.53. The quantitative estimate of drug-likeness (QED) is 0.224. The maximum atomic E-state index is 12.6. The van der Waals surface area contributed by atoms with E-state index < -0.39 is 11.7 Å². The van der Waals surface area contributed by atoms with Gasteiger partial charge in [0.2, 0.25) is 0 Å². The zero-order valence-corrected chi connectivity index (χ0v) is 20.1. The van der Waals surface area contributed by atoms with Crippen LogP contribution in [0.5, 0.6) is 5.75 Å². The van der Waals surface area contributed by atoms with Crippen LogP contribution in [0.1, 0.15) is 66.8 Å². The highest BCUT2D eigenvalue weighted by Gasteiger charge is 2.29. The fraction of sp³-hybridized carbons (Fsp3) is 0.333. The Labute approximate surface area is 206 Å². The first-order valence-corrected chi connectivity index (χ1v) is 12.1. The lowest BCUT2D eigenvalue weighted by molar-refractivity contribution is -0.137. The molecule has 3 aromatic rings. The number of ether oxygens (including phenoxy) is 1. The molecule has 0 atom stereocenters. The standard InChI is InChI=1S/C30H32F3NO/c1-2-3-4-5-6-21-35-29-19-15-25(16-20-29)8-7-24-9-11-26(12-10-24)22-34-23-27-13-17-28(18-14-27)30(31,32)33/h9-20,34H,2-6,21-23H2,1H3. The monoisotopic (exact) mass is 479 g/mol. The number of hydrogen-bond acceptors (Lipinski definition) is 2. The second-order valence-corrected chi connectivity index (χ2v) is 8.53. The molecule has 0 aliphatic carbocycles. The van der Waals surface area contributed by atoms with E-state index in [9.17, 15) is 13.2 Å². The highest BCUT2D eigenvalue weighted by Crippen LogP contribution is 2.29. The molecule has 5 heteroatoms. The van der Waals surface area contributed by atoms with Crippen molar-refractivity contribution in [1.82, 2.24) is 5.32 Å². The molecule has 0 aliphatic heterocycles. The molecule has 35 heavy (non-hydrogen) atoms. The van der Waals surface area contributed by atoms with Crippen LogP contribution in [-0.4, -0.2) is 6.61 Å². The van der Waals surface area contributed by atoms with E-state index in [1.54, 1.807) is 0 Å². The SMILES string of the molecule is CCCCCCCOc1ccc(C#Cc2ccc(CNCc3ccc(C(F)(F)F)cc3)cc2)cc1. The lowest BCUT2D eigenvalue weighted by Gasteiger charge is -2.08. The summed E-state index contributed by atoms with van der Waals surface area (Å²) in [5.74, 6) is 7.23. The smallest absolute Gasteiger partial charge is 0.416 e. The van der Waals surface area contributed by atoms with Crippen LogP contribution in [-0.2, 0) is 19.3 Å². The summed E-state index contributed by atoms with van der Waals surface area (Å²) < 4.78 is 43.7. The summed E-state index contributed by atoms with van der Waals surface area (Å²) in [6.07, 6.45) is 1.81. The second kappa shape index (κ2) is 13.6. The predicted molar refractivity (Wildman–Crippen MR) is 135 cm³/mol. The van der Waals surface area contributed by atoms with Crippen molar-refractivity contribution >= 4 is 0 Å². The molecule has 0 aromatic heterocycles. The molecule has 0 saturated heterocycles. The van der Waals surface area contributed by atoms with Crippen LogP contribution in [0, 0.1) is 11.8 Å². The molecule has 0 bridgehead atoms. The van der Waals surface area contributed by atoms with Crippen LogP contribution >= 0.6 is 0 Å². The number of benzene rings is 3. The third-order valence-electron chi connectivity index (χ3n) is 5.62. The third kappa shape index (κ3) is 9.50. The summed E-state index contributed by atoms with van der Waals surface area (Å²) in [5.41, 5.74) is 3.12. The number of unbranched alkanes of at least 4 members (excludes halogenated alkanes) is 4. The van der Waals surface area contributed by atoms with Gasteiger partial charge >= 0.3 is 6.18 Å². The van der Waals surface area contributed by atoms with Crippen molar-refractivity contribution < 1.29 is 17.9 Å². The highest BCUT2D eigenvalue weighted by atomic mass is 19.4. The summed E-state index contributed by atoms with van der Waals surface area (Å²) in [6, 6.07) is 21.0. The summed E-state index contributed by atoms with van der Waals surface area (Å²) in [4.78, 5) is 0. The molecule has 0 unspecified atom stereocenters. The van der Waals surface area contributed by atoms with E-state index in [4.69, 9.17) is 4.74 Å². The summed E-state index contributed by atoms with van der Waals surface area (Å²) >= 11 is 0. The van der Waals surface area contributed by atoms with Gasteiger partial charge in [0.1, 0.15) is 5.75 Å². The van der Waals surface area contributed by atoms with Crippen molar-refractivity contribution in [2.75, 3.05) is 6.61 Å². The van der Waals surface area contributed by atoms with Crippen molar-refractivity contribution in [2.24, 2.45) is 0 Å². The Balaban J connectivity index is 1.41. The molecule has 0 radical (unpaired) electrons. The first kappa shape index (κ1) is 26.4. The van der Waals surface area contributed by atoms with Crippen LogP contribution in [0.3, 0.4) is 0 Å². The summed E-state index contributed by atoms with van der Waals surface area (Å²) in [5, 5.41) is 3.26. The highest BCUT2D eigenvalue weighted by molar-refractivity contribution is 5.44. The van der Waals surface area contributed by atoms with Crippen molar-refractivity contribution in [3.8, 4) is 17.6 Å². The van der Waals surface area contributed by atoms with E-state index in [0.717, 1.165) is 53.2 Å². The van der Waals surface area contributed by atoms with E-state index >= 15 is 0 Å². The molecule has 0 fully saturated rings. The minimum atomic E-state index is -4.30. The van der Waals surface area contributed by atoms with Gasteiger partial charge in [-0.3, -0.25) is 0 Å². The molecule has 184 valence electrons. The van der Waals surface area contributed by atoms with E-state index in [2.05, 4.69) is 24.1 Å². The number of nitrogens with one attached hydrogen (secondary N) is 1. The van der Waals surface area contributed by atoms with E-state index in [1.165, 1.54) is 37.8 Å². The first-order chi connectivity index (χ1) is 16.9. The minimum Gasteiger partial charge on any atom is -0.494 e. The molecule has 2 nitrogen and oxygen atoms in total. The zero-order valence-electron chi connectivity index (χ0n) is 20.1. The van der Waals surface area contributed by atoms with Crippen molar-refractivity contribution in [3.05, 3.63) is 101 Å².